The summed E-state index contributed by atoms with van der Waals surface area (Å²) in [5.74, 6) is 0. The van der Waals surface area contributed by atoms with Crippen molar-refractivity contribution in [3.05, 3.63) is 84.9 Å². The molecule has 5 heteroatoms. The van der Waals surface area contributed by atoms with Crippen LogP contribution in [0.4, 0.5) is 11.4 Å². The minimum Gasteiger partial charge on any atom is -0.399 e. The van der Waals surface area contributed by atoms with E-state index in [4.69, 9.17) is 11.5 Å². The molecule has 0 saturated heterocycles. The zero-order chi connectivity index (χ0) is 16.7. The van der Waals surface area contributed by atoms with Crippen LogP contribution in [-0.2, 0) is 9.84 Å². The fourth-order valence-electron chi connectivity index (χ4n) is 1.81. The molecule has 0 unspecified atom stereocenters. The molecule has 0 heterocycles. The van der Waals surface area contributed by atoms with Gasteiger partial charge in [-0.3, -0.25) is 0 Å². The Morgan fingerprint density at radius 1 is 0.522 bits per heavy atom. The van der Waals surface area contributed by atoms with Crippen molar-refractivity contribution in [1.82, 2.24) is 0 Å². The van der Waals surface area contributed by atoms with Gasteiger partial charge in [0.15, 0.2) is 0 Å². The quantitative estimate of drug-likeness (QED) is 0.707. The average Bonchev–Trinajstić information content (AvgIpc) is 2.58. The van der Waals surface area contributed by atoms with Crippen LogP contribution in [0.15, 0.2) is 94.7 Å². The Kier molecular flexibility index (Phi) is 5.38. The first-order valence-electron chi connectivity index (χ1n) is 6.96. The summed E-state index contributed by atoms with van der Waals surface area (Å²) < 4.78 is 24.3. The van der Waals surface area contributed by atoms with Crippen molar-refractivity contribution >= 4 is 21.2 Å². The first-order valence-corrected chi connectivity index (χ1v) is 8.44. The van der Waals surface area contributed by atoms with Gasteiger partial charge in [0.25, 0.3) is 0 Å². The van der Waals surface area contributed by atoms with Gasteiger partial charge >= 0.3 is 0 Å². The molecule has 118 valence electrons. The van der Waals surface area contributed by atoms with Crippen molar-refractivity contribution in [2.75, 3.05) is 11.5 Å². The maximum Gasteiger partial charge on any atom is 0.206 e. The lowest BCUT2D eigenvalue weighted by molar-refractivity contribution is 0.596. The molecule has 3 rings (SSSR count). The van der Waals surface area contributed by atoms with Crippen LogP contribution in [-0.4, -0.2) is 8.42 Å². The highest BCUT2D eigenvalue weighted by atomic mass is 32.2. The predicted octanol–water partition coefficient (Wildman–Crippen LogP) is 3.37. The zero-order valence-corrected chi connectivity index (χ0v) is 13.3. The van der Waals surface area contributed by atoms with Gasteiger partial charge in [-0.05, 0) is 48.5 Å². The van der Waals surface area contributed by atoms with E-state index in [9.17, 15) is 8.42 Å². The summed E-state index contributed by atoms with van der Waals surface area (Å²) in [4.78, 5) is 0.438. The van der Waals surface area contributed by atoms with Gasteiger partial charge in [-0.2, -0.15) is 0 Å². The van der Waals surface area contributed by atoms with Crippen LogP contribution < -0.4 is 11.5 Å². The van der Waals surface area contributed by atoms with E-state index in [1.54, 1.807) is 24.3 Å². The molecule has 0 radical (unpaired) electrons. The third-order valence-electron chi connectivity index (χ3n) is 3.05. The SMILES string of the molecule is Nc1ccc(S(=O)(=O)c2ccc(N)cc2)cc1.c1ccccc1. The fourth-order valence-corrected chi connectivity index (χ4v) is 3.08. The maximum atomic E-state index is 12.2. The van der Waals surface area contributed by atoms with Crippen molar-refractivity contribution in [2.24, 2.45) is 0 Å². The van der Waals surface area contributed by atoms with Crippen LogP contribution in [0.2, 0.25) is 0 Å². The summed E-state index contributed by atoms with van der Waals surface area (Å²) in [5.41, 5.74) is 12.1. The fraction of sp³-hybridized carbons (Fsp3) is 0. The Bertz CT molecular complexity index is 750. The number of hydrogen-bond donors (Lipinski definition) is 2. The van der Waals surface area contributed by atoms with Crippen molar-refractivity contribution < 1.29 is 8.42 Å². The topological polar surface area (TPSA) is 86.2 Å². The van der Waals surface area contributed by atoms with E-state index in [-0.39, 0.29) is 9.79 Å². The lowest BCUT2D eigenvalue weighted by Gasteiger charge is -2.05. The number of sulfone groups is 1. The van der Waals surface area contributed by atoms with Crippen molar-refractivity contribution in [1.29, 1.82) is 0 Å². The van der Waals surface area contributed by atoms with Crippen LogP contribution in [0.3, 0.4) is 0 Å². The number of rotatable bonds is 2. The van der Waals surface area contributed by atoms with Crippen LogP contribution in [0.1, 0.15) is 0 Å². The van der Waals surface area contributed by atoms with Crippen LogP contribution in [0.5, 0.6) is 0 Å². The van der Waals surface area contributed by atoms with E-state index >= 15 is 0 Å². The Hall–Kier alpha value is -2.79. The Labute approximate surface area is 136 Å². The molecule has 0 saturated carbocycles. The van der Waals surface area contributed by atoms with E-state index in [1.807, 2.05) is 36.4 Å². The van der Waals surface area contributed by atoms with E-state index in [1.165, 1.54) is 24.3 Å². The highest BCUT2D eigenvalue weighted by Crippen LogP contribution is 2.22. The highest BCUT2D eigenvalue weighted by Gasteiger charge is 2.16. The van der Waals surface area contributed by atoms with Gasteiger partial charge in [-0.15, -0.1) is 0 Å². The smallest absolute Gasteiger partial charge is 0.206 e. The molecule has 0 spiro atoms. The van der Waals surface area contributed by atoms with Gasteiger partial charge < -0.3 is 11.5 Å². The van der Waals surface area contributed by atoms with E-state index in [0.717, 1.165) is 0 Å². The van der Waals surface area contributed by atoms with E-state index in [0.29, 0.717) is 11.4 Å². The van der Waals surface area contributed by atoms with Gasteiger partial charge in [0.05, 0.1) is 9.79 Å². The summed E-state index contributed by atoms with van der Waals surface area (Å²) in [6, 6.07) is 24.2. The molecular formula is C18H18N2O2S. The summed E-state index contributed by atoms with van der Waals surface area (Å²) in [7, 11) is -3.48. The second kappa shape index (κ2) is 7.47. The minimum absolute atomic E-state index is 0.219. The number of anilines is 2. The summed E-state index contributed by atoms with van der Waals surface area (Å²) in [5, 5.41) is 0. The Balaban J connectivity index is 0.000000268. The zero-order valence-electron chi connectivity index (χ0n) is 12.5. The van der Waals surface area contributed by atoms with E-state index in [2.05, 4.69) is 0 Å². The van der Waals surface area contributed by atoms with Crippen molar-refractivity contribution in [3.63, 3.8) is 0 Å². The summed E-state index contributed by atoms with van der Waals surface area (Å²) in [6.07, 6.45) is 0. The molecule has 0 aliphatic heterocycles. The molecule has 0 aromatic heterocycles. The molecule has 4 N–H and O–H groups in total. The van der Waals surface area contributed by atoms with Gasteiger partial charge in [0, 0.05) is 11.4 Å². The van der Waals surface area contributed by atoms with Gasteiger partial charge in [-0.1, -0.05) is 36.4 Å². The van der Waals surface area contributed by atoms with Crippen molar-refractivity contribution in [2.45, 2.75) is 9.79 Å². The van der Waals surface area contributed by atoms with Crippen LogP contribution in [0, 0.1) is 0 Å². The largest absolute Gasteiger partial charge is 0.399 e. The Morgan fingerprint density at radius 3 is 1.04 bits per heavy atom. The average molecular weight is 326 g/mol. The highest BCUT2D eigenvalue weighted by molar-refractivity contribution is 7.91. The third kappa shape index (κ3) is 4.59. The van der Waals surface area contributed by atoms with E-state index < -0.39 is 9.84 Å². The van der Waals surface area contributed by atoms with Gasteiger partial charge in [-0.25, -0.2) is 8.42 Å². The normalized spacial score (nSPS) is 10.4. The first-order chi connectivity index (χ1) is 11.0. The van der Waals surface area contributed by atoms with Crippen molar-refractivity contribution in [3.8, 4) is 0 Å². The van der Waals surface area contributed by atoms with Gasteiger partial charge in [0.2, 0.25) is 9.84 Å². The maximum absolute atomic E-state index is 12.2. The molecular weight excluding hydrogens is 308 g/mol. The number of hydrogen-bond acceptors (Lipinski definition) is 4. The molecule has 0 fully saturated rings. The molecule has 0 aliphatic carbocycles. The van der Waals surface area contributed by atoms with Crippen LogP contribution in [0.25, 0.3) is 0 Å². The molecule has 4 nitrogen and oxygen atoms in total. The second-order valence-electron chi connectivity index (χ2n) is 4.80. The lowest BCUT2D eigenvalue weighted by Crippen LogP contribution is -2.02. The van der Waals surface area contributed by atoms with Gasteiger partial charge in [0.1, 0.15) is 0 Å². The number of benzene rings is 3. The summed E-state index contributed by atoms with van der Waals surface area (Å²) in [6.45, 7) is 0. The molecule has 23 heavy (non-hydrogen) atoms. The molecule has 0 aliphatic rings. The molecule has 0 atom stereocenters. The second-order valence-corrected chi connectivity index (χ2v) is 6.75. The summed E-state index contributed by atoms with van der Waals surface area (Å²) >= 11 is 0. The predicted molar refractivity (Wildman–Crippen MR) is 93.6 cm³/mol. The minimum atomic E-state index is -3.48. The number of nitrogen functional groups attached to an aromatic ring is 2. The van der Waals surface area contributed by atoms with Crippen LogP contribution >= 0.6 is 0 Å². The molecule has 3 aromatic carbocycles. The Morgan fingerprint density at radius 2 is 0.783 bits per heavy atom. The first kappa shape index (κ1) is 16.6. The molecule has 0 bridgehead atoms. The third-order valence-corrected chi connectivity index (χ3v) is 4.83. The monoisotopic (exact) mass is 326 g/mol. The standard InChI is InChI=1S/C12H12N2O2S.C6H6/c13-9-1-5-11(6-2-9)17(15,16)12-7-3-10(14)4-8-12;1-2-4-6-5-3-1/h1-8H,13-14H2;1-6H. The number of nitrogens with two attached hydrogens (primary N) is 2. The lowest BCUT2D eigenvalue weighted by atomic mass is 10.3. The molecule has 0 amide bonds. The molecule has 3 aromatic rings.